The van der Waals surface area contributed by atoms with E-state index in [2.05, 4.69) is 9.62 Å². The molecule has 10 nitrogen and oxygen atoms in total. The van der Waals surface area contributed by atoms with Crippen molar-refractivity contribution in [1.29, 1.82) is 0 Å². The van der Waals surface area contributed by atoms with Gasteiger partial charge in [0.2, 0.25) is 10.0 Å². The second-order valence-corrected chi connectivity index (χ2v) is 13.2. The van der Waals surface area contributed by atoms with Gasteiger partial charge in [0.1, 0.15) is 23.7 Å². The molecule has 0 bridgehead atoms. The van der Waals surface area contributed by atoms with E-state index in [1.165, 1.54) is 11.3 Å². The Balaban J connectivity index is 1.34. The van der Waals surface area contributed by atoms with Crippen molar-refractivity contribution in [1.82, 2.24) is 14.5 Å². The van der Waals surface area contributed by atoms with Crippen LogP contribution in [-0.2, 0) is 38.3 Å². The number of fused-ring (bicyclic) bond motifs is 2. The van der Waals surface area contributed by atoms with Gasteiger partial charge in [-0.25, -0.2) is 18.2 Å². The SMILES string of the molecule is NCc1ccc2cc(C(=O)OCCN3CCOCC3)n(Cc3cc(NS(=O)(=O)Cc4cccs4)cc4ccccc34)c2n1. The molecule has 1 fully saturated rings. The van der Waals surface area contributed by atoms with E-state index in [4.69, 9.17) is 20.2 Å². The molecule has 3 aromatic heterocycles. The first-order chi connectivity index (χ1) is 20.9. The molecule has 6 rings (SSSR count). The lowest BCUT2D eigenvalue weighted by Crippen LogP contribution is -2.38. The molecular formula is C31H33N5O5S2. The number of esters is 1. The van der Waals surface area contributed by atoms with E-state index in [9.17, 15) is 13.2 Å². The highest BCUT2D eigenvalue weighted by Crippen LogP contribution is 2.29. The van der Waals surface area contributed by atoms with Crippen molar-refractivity contribution in [2.24, 2.45) is 5.73 Å². The number of nitrogens with two attached hydrogens (primary N) is 1. The number of pyridine rings is 1. The average molecular weight is 620 g/mol. The van der Waals surface area contributed by atoms with Gasteiger partial charge in [0.25, 0.3) is 0 Å². The van der Waals surface area contributed by atoms with Crippen molar-refractivity contribution < 1.29 is 22.7 Å². The van der Waals surface area contributed by atoms with Crippen LogP contribution >= 0.6 is 11.3 Å². The Labute approximate surface area is 254 Å². The van der Waals surface area contributed by atoms with Gasteiger partial charge in [0.15, 0.2) is 0 Å². The monoisotopic (exact) mass is 619 g/mol. The highest BCUT2D eigenvalue weighted by molar-refractivity contribution is 7.92. The molecule has 2 aromatic carbocycles. The fourth-order valence-electron chi connectivity index (χ4n) is 5.32. The van der Waals surface area contributed by atoms with Gasteiger partial charge in [-0.3, -0.25) is 9.62 Å². The molecule has 4 heterocycles. The molecule has 12 heteroatoms. The molecule has 43 heavy (non-hydrogen) atoms. The maximum Gasteiger partial charge on any atom is 0.355 e. The predicted octanol–water partition coefficient (Wildman–Crippen LogP) is 4.19. The molecule has 1 saturated heterocycles. The maximum atomic E-state index is 13.5. The topological polar surface area (TPSA) is 129 Å². The largest absolute Gasteiger partial charge is 0.460 e. The van der Waals surface area contributed by atoms with Crippen LogP contribution in [0.5, 0.6) is 0 Å². The zero-order chi connectivity index (χ0) is 29.8. The summed E-state index contributed by atoms with van der Waals surface area (Å²) in [5, 5.41) is 4.45. The molecule has 3 N–H and O–H groups in total. The lowest BCUT2D eigenvalue weighted by Gasteiger charge is -2.26. The Morgan fingerprint density at radius 1 is 1.05 bits per heavy atom. The van der Waals surface area contributed by atoms with E-state index >= 15 is 0 Å². The third-order valence-corrected chi connectivity index (χ3v) is 9.72. The Morgan fingerprint density at radius 3 is 2.67 bits per heavy atom. The number of rotatable bonds is 11. The Kier molecular flexibility index (Phi) is 8.73. The first kappa shape index (κ1) is 29.3. The molecule has 0 unspecified atom stereocenters. The number of hydrogen-bond donors (Lipinski definition) is 2. The highest BCUT2D eigenvalue weighted by Gasteiger charge is 2.21. The highest BCUT2D eigenvalue weighted by atomic mass is 32.2. The van der Waals surface area contributed by atoms with Crippen molar-refractivity contribution in [3.8, 4) is 0 Å². The molecule has 1 aliphatic rings. The van der Waals surface area contributed by atoms with E-state index in [0.29, 0.717) is 42.5 Å². The number of carbonyl (C=O) groups is 1. The van der Waals surface area contributed by atoms with Crippen LogP contribution in [-0.4, -0.2) is 68.3 Å². The average Bonchev–Trinajstić information content (AvgIpc) is 3.64. The van der Waals surface area contributed by atoms with E-state index in [-0.39, 0.29) is 25.4 Å². The summed E-state index contributed by atoms with van der Waals surface area (Å²) >= 11 is 1.40. The number of morpholine rings is 1. The van der Waals surface area contributed by atoms with Gasteiger partial charge in [-0.15, -0.1) is 11.3 Å². The fourth-order valence-corrected chi connectivity index (χ4v) is 7.57. The van der Waals surface area contributed by atoms with Gasteiger partial charge in [-0.2, -0.15) is 0 Å². The molecule has 0 aliphatic carbocycles. The minimum Gasteiger partial charge on any atom is -0.460 e. The van der Waals surface area contributed by atoms with Gasteiger partial charge >= 0.3 is 5.97 Å². The molecule has 0 amide bonds. The number of ether oxygens (including phenoxy) is 2. The zero-order valence-electron chi connectivity index (χ0n) is 23.6. The van der Waals surface area contributed by atoms with Crippen LogP contribution in [0.2, 0.25) is 0 Å². The molecule has 0 atom stereocenters. The fraction of sp³-hybridized carbons (Fsp3) is 0.290. The molecule has 0 spiro atoms. The summed E-state index contributed by atoms with van der Waals surface area (Å²) in [4.78, 5) is 21.2. The number of anilines is 1. The van der Waals surface area contributed by atoms with Crippen LogP contribution in [0.1, 0.15) is 26.6 Å². The first-order valence-electron chi connectivity index (χ1n) is 14.1. The van der Waals surface area contributed by atoms with Crippen molar-refractivity contribution in [3.05, 3.63) is 93.9 Å². The van der Waals surface area contributed by atoms with Crippen LogP contribution in [0.25, 0.3) is 21.8 Å². The van der Waals surface area contributed by atoms with Gasteiger partial charge < -0.3 is 19.8 Å². The summed E-state index contributed by atoms with van der Waals surface area (Å²) in [7, 11) is -3.65. The number of sulfonamides is 1. The van der Waals surface area contributed by atoms with Crippen LogP contribution in [0.4, 0.5) is 5.69 Å². The number of thiophene rings is 1. The standard InChI is InChI=1S/C31H33N5O5S2/c32-19-25-8-7-23-18-29(31(37)41-14-11-35-9-12-40-13-10-35)36(30(23)33-25)20-24-17-26(16-22-4-1-2-6-28(22)24)34-43(38,39)21-27-5-3-15-42-27/h1-8,15-18,34H,9-14,19-21,32H2. The summed E-state index contributed by atoms with van der Waals surface area (Å²) in [6.07, 6.45) is 0. The number of aromatic nitrogens is 2. The third kappa shape index (κ3) is 6.89. The van der Waals surface area contributed by atoms with E-state index in [1.807, 2.05) is 64.5 Å². The Hall–Kier alpha value is -3.81. The zero-order valence-corrected chi connectivity index (χ0v) is 25.2. The molecule has 5 aromatic rings. The van der Waals surface area contributed by atoms with Crippen LogP contribution < -0.4 is 10.5 Å². The van der Waals surface area contributed by atoms with E-state index < -0.39 is 16.0 Å². The van der Waals surface area contributed by atoms with Gasteiger partial charge in [-0.1, -0.05) is 30.3 Å². The molecule has 0 radical (unpaired) electrons. The second kappa shape index (κ2) is 12.8. The Bertz CT molecular complexity index is 1850. The van der Waals surface area contributed by atoms with E-state index in [1.54, 1.807) is 12.1 Å². The quantitative estimate of drug-likeness (QED) is 0.211. The van der Waals surface area contributed by atoms with Crippen molar-refractivity contribution in [2.45, 2.75) is 18.8 Å². The minimum atomic E-state index is -3.65. The second-order valence-electron chi connectivity index (χ2n) is 10.4. The maximum absolute atomic E-state index is 13.5. The predicted molar refractivity (Wildman–Crippen MR) is 169 cm³/mol. The minimum absolute atomic E-state index is 0.110. The van der Waals surface area contributed by atoms with Crippen LogP contribution in [0, 0.1) is 0 Å². The number of hydrogen-bond acceptors (Lipinski definition) is 9. The molecule has 1 aliphatic heterocycles. The lowest BCUT2D eigenvalue weighted by molar-refractivity contribution is 0.0191. The first-order valence-corrected chi connectivity index (χ1v) is 16.6. The van der Waals surface area contributed by atoms with Gasteiger partial charge in [0.05, 0.1) is 25.5 Å². The van der Waals surface area contributed by atoms with Crippen molar-refractivity contribution in [2.75, 3.05) is 44.2 Å². The molecule has 224 valence electrons. The summed E-state index contributed by atoms with van der Waals surface area (Å²) in [6, 6.07) is 20.6. The summed E-state index contributed by atoms with van der Waals surface area (Å²) in [5.41, 5.74) is 8.85. The Morgan fingerprint density at radius 2 is 1.88 bits per heavy atom. The normalized spacial score (nSPS) is 14.3. The number of nitrogens with one attached hydrogen (secondary N) is 1. The molecule has 0 saturated carbocycles. The summed E-state index contributed by atoms with van der Waals surface area (Å²) in [5.74, 6) is -0.556. The summed E-state index contributed by atoms with van der Waals surface area (Å²) in [6.45, 7) is 4.37. The lowest BCUT2D eigenvalue weighted by atomic mass is 10.0. The van der Waals surface area contributed by atoms with Crippen LogP contribution in [0.15, 0.2) is 72.1 Å². The molecular weight excluding hydrogens is 587 g/mol. The van der Waals surface area contributed by atoms with Crippen molar-refractivity contribution >= 4 is 54.8 Å². The van der Waals surface area contributed by atoms with Gasteiger partial charge in [-0.05, 0) is 58.1 Å². The van der Waals surface area contributed by atoms with Gasteiger partial charge in [0, 0.05) is 42.1 Å². The van der Waals surface area contributed by atoms with E-state index in [0.717, 1.165) is 39.7 Å². The van der Waals surface area contributed by atoms with Crippen LogP contribution in [0.3, 0.4) is 0 Å². The third-order valence-electron chi connectivity index (χ3n) is 7.43. The number of carbonyl (C=O) groups excluding carboxylic acids is 1. The number of nitrogens with zero attached hydrogens (tertiary/aromatic N) is 3. The summed E-state index contributed by atoms with van der Waals surface area (Å²) < 4.78 is 41.8. The smallest absolute Gasteiger partial charge is 0.355 e. The number of benzene rings is 2. The van der Waals surface area contributed by atoms with Crippen molar-refractivity contribution in [3.63, 3.8) is 0 Å².